The number of pyridine rings is 1. The minimum absolute atomic E-state index is 0.0191. The molecule has 2 aromatic rings. The number of carbonyl (C=O) groups is 1. The van der Waals surface area contributed by atoms with Crippen LogP contribution < -0.4 is 5.32 Å². The number of amides is 1. The number of alkyl halides is 3. The van der Waals surface area contributed by atoms with Gasteiger partial charge in [0.2, 0.25) is 11.9 Å². The van der Waals surface area contributed by atoms with E-state index < -0.39 is 11.9 Å². The van der Waals surface area contributed by atoms with Crippen molar-refractivity contribution in [2.24, 2.45) is 11.8 Å². The second kappa shape index (κ2) is 6.31. The fourth-order valence-corrected chi connectivity index (χ4v) is 2.74. The predicted molar refractivity (Wildman–Crippen MR) is 88.0 cm³/mol. The van der Waals surface area contributed by atoms with Crippen LogP contribution >= 0.6 is 0 Å². The average molecular weight is 354 g/mol. The minimum Gasteiger partial charge on any atom is -0.296 e. The molecule has 0 bridgehead atoms. The van der Waals surface area contributed by atoms with Crippen molar-refractivity contribution in [1.29, 1.82) is 0 Å². The molecular weight excluding hydrogens is 333 g/mol. The standard InChI is InChI=1S/C17H21F3N4O/c1-9(2)10(3)15(25)23-16-21-12-7-8-13(17(18,19)20)22-14(12)24(16)11-5-4-6-11/h7-11H,4-6H2,1-3H3,(H,21,23,25). The lowest BCUT2D eigenvalue weighted by Gasteiger charge is -2.29. The van der Waals surface area contributed by atoms with Gasteiger partial charge >= 0.3 is 6.18 Å². The fraction of sp³-hybridized carbons (Fsp3) is 0.588. The van der Waals surface area contributed by atoms with Gasteiger partial charge in [0.15, 0.2) is 5.65 Å². The van der Waals surface area contributed by atoms with Crippen LogP contribution in [-0.4, -0.2) is 20.4 Å². The molecule has 1 aliphatic carbocycles. The zero-order valence-electron chi connectivity index (χ0n) is 14.4. The van der Waals surface area contributed by atoms with E-state index in [1.165, 1.54) is 6.07 Å². The van der Waals surface area contributed by atoms with Crippen molar-refractivity contribution in [3.63, 3.8) is 0 Å². The average Bonchev–Trinajstić information content (AvgIpc) is 2.81. The van der Waals surface area contributed by atoms with Crippen LogP contribution in [0.3, 0.4) is 0 Å². The molecule has 0 saturated heterocycles. The van der Waals surface area contributed by atoms with Gasteiger partial charge in [-0.05, 0) is 37.3 Å². The van der Waals surface area contributed by atoms with E-state index >= 15 is 0 Å². The number of imidazole rings is 1. The lowest BCUT2D eigenvalue weighted by Crippen LogP contribution is -2.28. The highest BCUT2D eigenvalue weighted by molar-refractivity contribution is 5.92. The molecule has 1 fully saturated rings. The second-order valence-corrected chi connectivity index (χ2v) is 6.95. The van der Waals surface area contributed by atoms with Gasteiger partial charge < -0.3 is 0 Å². The SMILES string of the molecule is CC(C)C(C)C(=O)Nc1nc2ccc(C(F)(F)F)nc2n1C1CCC1. The summed E-state index contributed by atoms with van der Waals surface area (Å²) in [6, 6.07) is 2.25. The fourth-order valence-electron chi connectivity index (χ4n) is 2.74. The molecule has 1 N–H and O–H groups in total. The van der Waals surface area contributed by atoms with Crippen LogP contribution in [0.15, 0.2) is 12.1 Å². The number of nitrogens with one attached hydrogen (secondary N) is 1. The molecule has 1 unspecified atom stereocenters. The Hall–Kier alpha value is -2.12. The Morgan fingerprint density at radius 2 is 1.92 bits per heavy atom. The molecule has 8 heteroatoms. The Morgan fingerprint density at radius 3 is 2.44 bits per heavy atom. The monoisotopic (exact) mass is 354 g/mol. The quantitative estimate of drug-likeness (QED) is 0.885. The van der Waals surface area contributed by atoms with Crippen LogP contribution in [0.1, 0.15) is 51.8 Å². The summed E-state index contributed by atoms with van der Waals surface area (Å²) < 4.78 is 40.6. The van der Waals surface area contributed by atoms with Crippen molar-refractivity contribution < 1.29 is 18.0 Å². The molecule has 0 aliphatic heterocycles. The molecule has 3 rings (SSSR count). The Labute approximate surface area is 143 Å². The summed E-state index contributed by atoms with van der Waals surface area (Å²) >= 11 is 0. The van der Waals surface area contributed by atoms with Crippen molar-refractivity contribution in [3.05, 3.63) is 17.8 Å². The maximum absolute atomic E-state index is 13.0. The van der Waals surface area contributed by atoms with E-state index in [9.17, 15) is 18.0 Å². The highest BCUT2D eigenvalue weighted by atomic mass is 19.4. The topological polar surface area (TPSA) is 59.8 Å². The summed E-state index contributed by atoms with van der Waals surface area (Å²) in [5.74, 6) is 0.00999. The van der Waals surface area contributed by atoms with Crippen LogP contribution in [0.5, 0.6) is 0 Å². The first-order chi connectivity index (χ1) is 11.7. The van der Waals surface area contributed by atoms with Gasteiger partial charge in [-0.1, -0.05) is 20.8 Å². The van der Waals surface area contributed by atoms with Crippen molar-refractivity contribution >= 4 is 23.0 Å². The third-order valence-corrected chi connectivity index (χ3v) is 4.92. The minimum atomic E-state index is -4.52. The largest absolute Gasteiger partial charge is 0.433 e. The summed E-state index contributed by atoms with van der Waals surface area (Å²) in [5, 5.41) is 2.78. The highest BCUT2D eigenvalue weighted by Gasteiger charge is 2.34. The smallest absolute Gasteiger partial charge is 0.296 e. The first kappa shape index (κ1) is 17.7. The van der Waals surface area contributed by atoms with E-state index in [0.29, 0.717) is 5.52 Å². The molecule has 25 heavy (non-hydrogen) atoms. The highest BCUT2D eigenvalue weighted by Crippen LogP contribution is 2.38. The van der Waals surface area contributed by atoms with Crippen molar-refractivity contribution in [2.45, 2.75) is 52.3 Å². The molecule has 0 spiro atoms. The van der Waals surface area contributed by atoms with Gasteiger partial charge in [0.05, 0.1) is 0 Å². The number of halogens is 3. The number of hydrogen-bond acceptors (Lipinski definition) is 3. The van der Waals surface area contributed by atoms with E-state index in [4.69, 9.17) is 0 Å². The number of hydrogen-bond donors (Lipinski definition) is 1. The zero-order valence-corrected chi connectivity index (χ0v) is 14.4. The Bertz CT molecular complexity index is 793. The third-order valence-electron chi connectivity index (χ3n) is 4.92. The molecule has 5 nitrogen and oxygen atoms in total. The van der Waals surface area contributed by atoms with Crippen molar-refractivity contribution in [1.82, 2.24) is 14.5 Å². The van der Waals surface area contributed by atoms with E-state index in [2.05, 4.69) is 15.3 Å². The van der Waals surface area contributed by atoms with Gasteiger partial charge in [-0.2, -0.15) is 13.2 Å². The summed E-state index contributed by atoms with van der Waals surface area (Å²) in [6.07, 6.45) is -1.84. The zero-order chi connectivity index (χ0) is 18.4. The molecule has 1 atom stereocenters. The molecule has 136 valence electrons. The molecule has 2 heterocycles. The first-order valence-corrected chi connectivity index (χ1v) is 8.45. The van der Waals surface area contributed by atoms with Crippen LogP contribution in [0.2, 0.25) is 0 Å². The number of fused-ring (bicyclic) bond motifs is 1. The summed E-state index contributed by atoms with van der Waals surface area (Å²) in [7, 11) is 0. The third kappa shape index (κ3) is 3.34. The van der Waals surface area contributed by atoms with E-state index in [1.54, 1.807) is 4.57 Å². The van der Waals surface area contributed by atoms with Gasteiger partial charge in [-0.25, -0.2) is 9.97 Å². The van der Waals surface area contributed by atoms with Crippen LogP contribution in [0, 0.1) is 11.8 Å². The lowest BCUT2D eigenvalue weighted by molar-refractivity contribution is -0.141. The number of anilines is 1. The van der Waals surface area contributed by atoms with E-state index in [0.717, 1.165) is 25.3 Å². The summed E-state index contributed by atoms with van der Waals surface area (Å²) in [6.45, 7) is 5.70. The maximum Gasteiger partial charge on any atom is 0.433 e. The molecule has 1 aliphatic rings. The Kier molecular flexibility index (Phi) is 4.47. The van der Waals surface area contributed by atoms with Crippen molar-refractivity contribution in [2.75, 3.05) is 5.32 Å². The van der Waals surface area contributed by atoms with Gasteiger partial charge in [0, 0.05) is 12.0 Å². The van der Waals surface area contributed by atoms with Gasteiger partial charge in [-0.15, -0.1) is 0 Å². The number of nitrogens with zero attached hydrogens (tertiary/aromatic N) is 3. The van der Waals surface area contributed by atoms with Crippen LogP contribution in [0.25, 0.3) is 11.2 Å². The number of carbonyl (C=O) groups excluding carboxylic acids is 1. The molecule has 0 radical (unpaired) electrons. The molecule has 2 aromatic heterocycles. The molecular formula is C17H21F3N4O. The van der Waals surface area contributed by atoms with E-state index in [-0.39, 0.29) is 35.4 Å². The van der Waals surface area contributed by atoms with Crippen LogP contribution in [-0.2, 0) is 11.0 Å². The van der Waals surface area contributed by atoms with Gasteiger partial charge in [0.25, 0.3) is 0 Å². The Balaban J connectivity index is 2.04. The Morgan fingerprint density at radius 1 is 1.24 bits per heavy atom. The van der Waals surface area contributed by atoms with E-state index in [1.807, 2.05) is 20.8 Å². The normalized spacial score (nSPS) is 16.9. The summed E-state index contributed by atoms with van der Waals surface area (Å²) in [4.78, 5) is 20.5. The molecule has 0 aromatic carbocycles. The molecule has 1 amide bonds. The van der Waals surface area contributed by atoms with Gasteiger partial charge in [-0.3, -0.25) is 14.7 Å². The maximum atomic E-state index is 13.0. The second-order valence-electron chi connectivity index (χ2n) is 6.95. The lowest BCUT2D eigenvalue weighted by atomic mass is 9.93. The summed E-state index contributed by atoms with van der Waals surface area (Å²) in [5.41, 5.74) is -0.423. The first-order valence-electron chi connectivity index (χ1n) is 8.45. The predicted octanol–water partition coefficient (Wildman–Crippen LogP) is 4.41. The van der Waals surface area contributed by atoms with Crippen LogP contribution in [0.4, 0.5) is 19.1 Å². The van der Waals surface area contributed by atoms with Crippen molar-refractivity contribution in [3.8, 4) is 0 Å². The number of aromatic nitrogens is 3. The van der Waals surface area contributed by atoms with Gasteiger partial charge in [0.1, 0.15) is 11.2 Å². The molecule has 1 saturated carbocycles. The number of rotatable bonds is 4.